The van der Waals surface area contributed by atoms with Gasteiger partial charge in [-0.05, 0) is 32.3 Å². The summed E-state index contributed by atoms with van der Waals surface area (Å²) in [7, 11) is 0. The van der Waals surface area contributed by atoms with E-state index >= 15 is 0 Å². The third-order valence-corrected chi connectivity index (χ3v) is 3.22. The molecule has 2 rings (SSSR count). The summed E-state index contributed by atoms with van der Waals surface area (Å²) in [5.41, 5.74) is 7.41. The first-order valence-corrected chi connectivity index (χ1v) is 6.16. The van der Waals surface area contributed by atoms with Crippen LogP contribution in [0.5, 0.6) is 0 Å². The molecule has 0 saturated heterocycles. The number of nitrogens with zero attached hydrogens (tertiary/aromatic N) is 3. The van der Waals surface area contributed by atoms with Crippen molar-refractivity contribution >= 4 is 5.95 Å². The summed E-state index contributed by atoms with van der Waals surface area (Å²) in [6, 6.07) is 2.39. The van der Waals surface area contributed by atoms with Crippen LogP contribution in [-0.4, -0.2) is 34.3 Å². The van der Waals surface area contributed by atoms with Crippen LogP contribution in [-0.2, 0) is 6.54 Å². The van der Waals surface area contributed by atoms with Crippen LogP contribution in [0, 0.1) is 6.92 Å². The number of hydrogen-bond donors (Lipinski definition) is 2. The van der Waals surface area contributed by atoms with Gasteiger partial charge in [0.1, 0.15) is 0 Å². The van der Waals surface area contributed by atoms with Crippen LogP contribution in [0.1, 0.15) is 30.7 Å². The van der Waals surface area contributed by atoms with Gasteiger partial charge in [-0.25, -0.2) is 9.97 Å². The lowest BCUT2D eigenvalue weighted by Crippen LogP contribution is -2.43. The summed E-state index contributed by atoms with van der Waals surface area (Å²) in [5.74, 6) is 0.712. The predicted octanol–water partition coefficient (Wildman–Crippen LogP) is 0.595. The maximum absolute atomic E-state index is 9.14. The first-order chi connectivity index (χ1) is 8.24. The fourth-order valence-corrected chi connectivity index (χ4v) is 2.10. The Morgan fingerprint density at radius 1 is 1.47 bits per heavy atom. The second-order valence-electron chi connectivity index (χ2n) is 4.51. The van der Waals surface area contributed by atoms with Gasteiger partial charge in [-0.2, -0.15) is 0 Å². The molecule has 1 fully saturated rings. The van der Waals surface area contributed by atoms with Crippen LogP contribution in [0.4, 0.5) is 5.95 Å². The molecule has 1 aromatic rings. The standard InChI is InChI=1S/C12H20N4O/c1-9-7-10(8-13)15-12(14-9)16(5-6-17)11-3-2-4-11/h7,11,17H,2-6,8,13H2,1H3. The highest BCUT2D eigenvalue weighted by atomic mass is 16.3. The largest absolute Gasteiger partial charge is 0.395 e. The Kier molecular flexibility index (Phi) is 3.91. The average Bonchev–Trinajstić information content (AvgIpc) is 2.25. The number of rotatable bonds is 5. The van der Waals surface area contributed by atoms with Crippen molar-refractivity contribution in [2.24, 2.45) is 5.73 Å². The first-order valence-electron chi connectivity index (χ1n) is 6.16. The number of nitrogens with two attached hydrogens (primary N) is 1. The molecule has 94 valence electrons. The van der Waals surface area contributed by atoms with Crippen LogP contribution in [0.25, 0.3) is 0 Å². The van der Waals surface area contributed by atoms with Gasteiger partial charge in [0.05, 0.1) is 12.3 Å². The molecule has 3 N–H and O–H groups in total. The van der Waals surface area contributed by atoms with E-state index in [4.69, 9.17) is 10.8 Å². The summed E-state index contributed by atoms with van der Waals surface area (Å²) >= 11 is 0. The highest BCUT2D eigenvalue weighted by molar-refractivity contribution is 5.34. The zero-order chi connectivity index (χ0) is 12.3. The minimum Gasteiger partial charge on any atom is -0.395 e. The van der Waals surface area contributed by atoms with Crippen LogP contribution in [0.2, 0.25) is 0 Å². The Morgan fingerprint density at radius 2 is 2.24 bits per heavy atom. The van der Waals surface area contributed by atoms with Crippen LogP contribution in [0.3, 0.4) is 0 Å². The molecule has 5 nitrogen and oxygen atoms in total. The van der Waals surface area contributed by atoms with Gasteiger partial charge in [-0.3, -0.25) is 0 Å². The first kappa shape index (κ1) is 12.3. The summed E-state index contributed by atoms with van der Waals surface area (Å²) < 4.78 is 0. The molecule has 17 heavy (non-hydrogen) atoms. The van der Waals surface area contributed by atoms with Crippen LogP contribution < -0.4 is 10.6 Å². The normalized spacial score (nSPS) is 15.7. The Bertz CT molecular complexity index is 379. The van der Waals surface area contributed by atoms with Crippen molar-refractivity contribution in [3.05, 3.63) is 17.5 Å². The molecule has 0 amide bonds. The number of aliphatic hydroxyl groups is 1. The molecule has 1 heterocycles. The van der Waals surface area contributed by atoms with E-state index in [9.17, 15) is 0 Å². The minimum atomic E-state index is 0.131. The van der Waals surface area contributed by atoms with Crippen molar-refractivity contribution in [3.63, 3.8) is 0 Å². The molecule has 0 radical (unpaired) electrons. The second-order valence-corrected chi connectivity index (χ2v) is 4.51. The Hall–Kier alpha value is -1.20. The molecule has 0 spiro atoms. The van der Waals surface area contributed by atoms with Crippen molar-refractivity contribution in [1.82, 2.24) is 9.97 Å². The smallest absolute Gasteiger partial charge is 0.226 e. The quantitative estimate of drug-likeness (QED) is 0.783. The Morgan fingerprint density at radius 3 is 2.76 bits per heavy atom. The maximum Gasteiger partial charge on any atom is 0.226 e. The third kappa shape index (κ3) is 2.73. The predicted molar refractivity (Wildman–Crippen MR) is 66.7 cm³/mol. The molecule has 0 bridgehead atoms. The van der Waals surface area contributed by atoms with Crippen molar-refractivity contribution in [1.29, 1.82) is 0 Å². The molecule has 0 atom stereocenters. The topological polar surface area (TPSA) is 75.3 Å². The molecule has 0 aromatic carbocycles. The van der Waals surface area contributed by atoms with Gasteiger partial charge >= 0.3 is 0 Å². The number of aromatic nitrogens is 2. The highest BCUT2D eigenvalue weighted by Gasteiger charge is 2.26. The van der Waals surface area contributed by atoms with E-state index in [1.54, 1.807) is 0 Å². The summed E-state index contributed by atoms with van der Waals surface area (Å²) in [5, 5.41) is 9.14. The Labute approximate surface area is 102 Å². The number of anilines is 1. The molecular formula is C12H20N4O. The lowest BCUT2D eigenvalue weighted by Gasteiger charge is -2.37. The fourth-order valence-electron chi connectivity index (χ4n) is 2.10. The minimum absolute atomic E-state index is 0.131. The zero-order valence-corrected chi connectivity index (χ0v) is 10.3. The van der Waals surface area contributed by atoms with Crippen molar-refractivity contribution in [2.75, 3.05) is 18.1 Å². The van der Waals surface area contributed by atoms with Crippen LogP contribution in [0.15, 0.2) is 6.07 Å². The van der Waals surface area contributed by atoms with E-state index in [0.29, 0.717) is 25.1 Å². The van der Waals surface area contributed by atoms with Gasteiger partial charge in [0.25, 0.3) is 0 Å². The molecule has 5 heteroatoms. The Balaban J connectivity index is 2.24. The molecule has 1 aliphatic carbocycles. The lowest BCUT2D eigenvalue weighted by atomic mass is 9.92. The molecule has 1 saturated carbocycles. The molecular weight excluding hydrogens is 216 g/mol. The van der Waals surface area contributed by atoms with E-state index in [2.05, 4.69) is 14.9 Å². The second kappa shape index (κ2) is 5.42. The summed E-state index contributed by atoms with van der Waals surface area (Å²) in [6.45, 7) is 3.10. The van der Waals surface area contributed by atoms with E-state index in [1.165, 1.54) is 6.42 Å². The SMILES string of the molecule is Cc1cc(CN)nc(N(CCO)C2CCC2)n1. The summed E-state index contributed by atoms with van der Waals surface area (Å²) in [6.07, 6.45) is 3.58. The van der Waals surface area contributed by atoms with Gasteiger partial charge in [-0.1, -0.05) is 0 Å². The van der Waals surface area contributed by atoms with Gasteiger partial charge in [0.2, 0.25) is 5.95 Å². The molecule has 0 aliphatic heterocycles. The summed E-state index contributed by atoms with van der Waals surface area (Å²) in [4.78, 5) is 11.0. The number of hydrogen-bond acceptors (Lipinski definition) is 5. The van der Waals surface area contributed by atoms with Gasteiger partial charge in [0, 0.05) is 24.8 Å². The van der Waals surface area contributed by atoms with Gasteiger partial charge in [-0.15, -0.1) is 0 Å². The van der Waals surface area contributed by atoms with E-state index in [-0.39, 0.29) is 6.61 Å². The number of aryl methyl sites for hydroxylation is 1. The van der Waals surface area contributed by atoms with Crippen molar-refractivity contribution in [3.8, 4) is 0 Å². The lowest BCUT2D eigenvalue weighted by molar-refractivity contribution is 0.282. The van der Waals surface area contributed by atoms with Crippen molar-refractivity contribution < 1.29 is 5.11 Å². The zero-order valence-electron chi connectivity index (χ0n) is 10.3. The van der Waals surface area contributed by atoms with E-state index in [0.717, 1.165) is 24.2 Å². The van der Waals surface area contributed by atoms with Crippen molar-refractivity contribution in [2.45, 2.75) is 38.8 Å². The fraction of sp³-hybridized carbons (Fsp3) is 0.667. The van der Waals surface area contributed by atoms with Gasteiger partial charge < -0.3 is 15.7 Å². The molecule has 1 aromatic heterocycles. The highest BCUT2D eigenvalue weighted by Crippen LogP contribution is 2.27. The van der Waals surface area contributed by atoms with Crippen LogP contribution >= 0.6 is 0 Å². The molecule has 0 unspecified atom stereocenters. The van der Waals surface area contributed by atoms with Gasteiger partial charge in [0.15, 0.2) is 0 Å². The number of aliphatic hydroxyl groups excluding tert-OH is 1. The molecule has 1 aliphatic rings. The monoisotopic (exact) mass is 236 g/mol. The average molecular weight is 236 g/mol. The maximum atomic E-state index is 9.14. The van der Waals surface area contributed by atoms with E-state index in [1.807, 2.05) is 13.0 Å². The van der Waals surface area contributed by atoms with E-state index < -0.39 is 0 Å². The third-order valence-electron chi connectivity index (χ3n) is 3.22.